The zero-order chi connectivity index (χ0) is 26.1. The number of ketones is 1. The first kappa shape index (κ1) is 24.9. The maximum absolute atomic E-state index is 13.8. The van der Waals surface area contributed by atoms with Crippen molar-refractivity contribution in [3.8, 4) is 11.3 Å². The summed E-state index contributed by atoms with van der Waals surface area (Å²) < 4.78 is 0. The van der Waals surface area contributed by atoms with E-state index in [1.165, 1.54) is 4.90 Å². The summed E-state index contributed by atoms with van der Waals surface area (Å²) in [7, 11) is 0. The van der Waals surface area contributed by atoms with Gasteiger partial charge in [-0.3, -0.25) is 19.5 Å². The van der Waals surface area contributed by atoms with Crippen LogP contribution in [0.3, 0.4) is 0 Å². The molecule has 1 aromatic heterocycles. The first-order chi connectivity index (χ1) is 17.8. The van der Waals surface area contributed by atoms with Crippen LogP contribution in [0.15, 0.2) is 60.8 Å². The number of aromatic amines is 1. The normalized spacial score (nSPS) is 19.9. The second kappa shape index (κ2) is 10.3. The molecule has 0 aliphatic carbocycles. The van der Waals surface area contributed by atoms with Gasteiger partial charge < -0.3 is 14.9 Å². The van der Waals surface area contributed by atoms with Gasteiger partial charge in [-0.15, -0.1) is 0 Å². The van der Waals surface area contributed by atoms with E-state index in [4.69, 9.17) is 0 Å². The number of nitrogens with one attached hydrogen (secondary N) is 1. The summed E-state index contributed by atoms with van der Waals surface area (Å²) in [6, 6.07) is 15.9. The van der Waals surface area contributed by atoms with E-state index in [-0.39, 0.29) is 42.9 Å². The van der Waals surface area contributed by atoms with Crippen molar-refractivity contribution in [1.29, 1.82) is 0 Å². The number of rotatable bonds is 8. The molecule has 3 atom stereocenters. The van der Waals surface area contributed by atoms with E-state index >= 15 is 0 Å². The van der Waals surface area contributed by atoms with Gasteiger partial charge in [0.1, 0.15) is 6.04 Å². The Morgan fingerprint density at radius 1 is 1.11 bits per heavy atom. The fraction of sp³-hybridized carbons (Fsp3) is 0.379. The highest BCUT2D eigenvalue weighted by atomic mass is 16.3. The van der Waals surface area contributed by atoms with Gasteiger partial charge in [0.2, 0.25) is 5.91 Å². The quantitative estimate of drug-likeness (QED) is 0.494. The molecule has 0 unspecified atom stereocenters. The Balaban J connectivity index is 1.27. The fourth-order valence-electron chi connectivity index (χ4n) is 5.51. The summed E-state index contributed by atoms with van der Waals surface area (Å²) in [6.07, 6.45) is 1.98. The smallest absolute Gasteiger partial charge is 0.255 e. The van der Waals surface area contributed by atoms with Crippen molar-refractivity contribution in [2.24, 2.45) is 5.92 Å². The highest BCUT2D eigenvalue weighted by molar-refractivity contribution is 6.01. The molecule has 2 N–H and O–H groups in total. The zero-order valence-corrected chi connectivity index (χ0v) is 21.1. The lowest BCUT2D eigenvalue weighted by Gasteiger charge is -2.35. The number of H-pyrrole nitrogens is 1. The van der Waals surface area contributed by atoms with Crippen LogP contribution < -0.4 is 0 Å². The molecule has 5 rings (SSSR count). The molecule has 8 heteroatoms. The lowest BCUT2D eigenvalue weighted by Crippen LogP contribution is -2.54. The van der Waals surface area contributed by atoms with Crippen LogP contribution in [-0.2, 0) is 22.6 Å². The SMILES string of the molecule is CC(C)[C@@H](C(=O)N1C[C@H](O)C[C@H]1C(=O)CCc1ccc(-c2ccn[nH]2)cc1)N1Cc2ccccc2C1=O. The number of β-amino-alcohol motifs (C(OH)–C–C–N with tert-alkyl or cyclic N) is 1. The molecular formula is C29H32N4O4. The van der Waals surface area contributed by atoms with Gasteiger partial charge in [-0.2, -0.15) is 5.10 Å². The summed E-state index contributed by atoms with van der Waals surface area (Å²) in [4.78, 5) is 43.4. The van der Waals surface area contributed by atoms with Crippen LogP contribution in [0, 0.1) is 5.92 Å². The molecule has 2 aromatic carbocycles. The number of aromatic nitrogens is 2. The van der Waals surface area contributed by atoms with Gasteiger partial charge in [-0.05, 0) is 41.2 Å². The third-order valence-electron chi connectivity index (χ3n) is 7.43. The average molecular weight is 501 g/mol. The molecule has 8 nitrogen and oxygen atoms in total. The van der Waals surface area contributed by atoms with Crippen LogP contribution in [0.1, 0.15) is 48.2 Å². The zero-order valence-electron chi connectivity index (χ0n) is 21.1. The molecule has 0 saturated carbocycles. The minimum absolute atomic E-state index is 0.0684. The van der Waals surface area contributed by atoms with E-state index in [9.17, 15) is 19.5 Å². The second-order valence-electron chi connectivity index (χ2n) is 10.3. The van der Waals surface area contributed by atoms with Gasteiger partial charge in [-0.25, -0.2) is 0 Å². The van der Waals surface area contributed by atoms with Crippen molar-refractivity contribution in [2.75, 3.05) is 6.54 Å². The number of aliphatic hydroxyl groups is 1. The topological polar surface area (TPSA) is 107 Å². The molecule has 0 bridgehead atoms. The number of benzene rings is 2. The van der Waals surface area contributed by atoms with Gasteiger partial charge in [0.05, 0.1) is 17.8 Å². The summed E-state index contributed by atoms with van der Waals surface area (Å²) in [5.41, 5.74) is 4.48. The minimum atomic E-state index is -0.758. The number of amides is 2. The van der Waals surface area contributed by atoms with Crippen molar-refractivity contribution in [3.63, 3.8) is 0 Å². The van der Waals surface area contributed by atoms with Crippen LogP contribution >= 0.6 is 0 Å². The molecule has 1 saturated heterocycles. The van der Waals surface area contributed by atoms with E-state index in [2.05, 4.69) is 10.2 Å². The molecule has 2 aliphatic rings. The molecule has 3 heterocycles. The van der Waals surface area contributed by atoms with E-state index in [1.54, 1.807) is 17.2 Å². The summed E-state index contributed by atoms with van der Waals surface area (Å²) in [5.74, 6) is -0.646. The second-order valence-corrected chi connectivity index (χ2v) is 10.3. The number of hydrogen-bond donors (Lipinski definition) is 2. The van der Waals surface area contributed by atoms with E-state index in [0.717, 1.165) is 22.4 Å². The average Bonchev–Trinajstić information content (AvgIpc) is 3.63. The Morgan fingerprint density at radius 3 is 2.54 bits per heavy atom. The highest BCUT2D eigenvalue weighted by Gasteiger charge is 2.45. The molecule has 3 aromatic rings. The number of hydrogen-bond acceptors (Lipinski definition) is 5. The van der Waals surface area contributed by atoms with Crippen LogP contribution in [0.5, 0.6) is 0 Å². The minimum Gasteiger partial charge on any atom is -0.391 e. The van der Waals surface area contributed by atoms with E-state index < -0.39 is 18.2 Å². The number of aryl methyl sites for hydroxylation is 1. The highest BCUT2D eigenvalue weighted by Crippen LogP contribution is 2.30. The number of Topliss-reactive ketones (excluding diaryl/α,β-unsaturated/α-hetero) is 1. The monoisotopic (exact) mass is 500 g/mol. The standard InChI is InChI=1S/C29H32N4O4/c1-18(2)27(33-16-21-5-3-4-6-23(21)28(33)36)29(37)32-17-22(34)15-25(32)26(35)12-9-19-7-10-20(11-8-19)24-13-14-30-31-24/h3-8,10-11,13-14,18,22,25,27,34H,9,12,15-17H2,1-2H3,(H,30,31)/t22-,25+,27+/m1/s1. The van der Waals surface area contributed by atoms with Gasteiger partial charge in [0.25, 0.3) is 5.91 Å². The molecule has 2 amide bonds. The summed E-state index contributed by atoms with van der Waals surface area (Å²) >= 11 is 0. The Bertz CT molecular complexity index is 1290. The van der Waals surface area contributed by atoms with Crippen molar-refractivity contribution in [1.82, 2.24) is 20.0 Å². The number of fused-ring (bicyclic) bond motifs is 1. The Hall–Kier alpha value is -3.78. The van der Waals surface area contributed by atoms with Gasteiger partial charge in [-0.1, -0.05) is 56.3 Å². The Morgan fingerprint density at radius 2 is 1.86 bits per heavy atom. The van der Waals surface area contributed by atoms with Crippen LogP contribution in [-0.4, -0.2) is 67.4 Å². The molecule has 0 radical (unpaired) electrons. The summed E-state index contributed by atoms with van der Waals surface area (Å²) in [6.45, 7) is 4.30. The van der Waals surface area contributed by atoms with Crippen molar-refractivity contribution < 1.29 is 19.5 Å². The molecule has 37 heavy (non-hydrogen) atoms. The molecule has 0 spiro atoms. The van der Waals surface area contributed by atoms with Crippen molar-refractivity contribution >= 4 is 17.6 Å². The van der Waals surface area contributed by atoms with Crippen LogP contribution in [0.2, 0.25) is 0 Å². The molecule has 2 aliphatic heterocycles. The molecule has 192 valence electrons. The van der Waals surface area contributed by atoms with Gasteiger partial charge in [0.15, 0.2) is 5.78 Å². The first-order valence-corrected chi connectivity index (χ1v) is 12.8. The first-order valence-electron chi connectivity index (χ1n) is 12.8. The maximum Gasteiger partial charge on any atom is 0.255 e. The third-order valence-corrected chi connectivity index (χ3v) is 7.43. The lowest BCUT2D eigenvalue weighted by molar-refractivity contribution is -0.142. The number of carbonyl (C=O) groups is 3. The lowest BCUT2D eigenvalue weighted by atomic mass is 9.98. The van der Waals surface area contributed by atoms with Gasteiger partial charge in [0, 0.05) is 37.7 Å². The molecular weight excluding hydrogens is 468 g/mol. The Kier molecular flexibility index (Phi) is 6.93. The van der Waals surface area contributed by atoms with Crippen LogP contribution in [0.4, 0.5) is 0 Å². The number of carbonyl (C=O) groups excluding carboxylic acids is 3. The predicted octanol–water partition coefficient (Wildman–Crippen LogP) is 3.22. The fourth-order valence-corrected chi connectivity index (χ4v) is 5.51. The third kappa shape index (κ3) is 4.93. The van der Waals surface area contributed by atoms with Crippen molar-refractivity contribution in [2.45, 2.75) is 57.8 Å². The number of aliphatic hydroxyl groups excluding tert-OH is 1. The maximum atomic E-state index is 13.8. The largest absolute Gasteiger partial charge is 0.391 e. The van der Waals surface area contributed by atoms with E-state index in [1.807, 2.05) is 62.4 Å². The van der Waals surface area contributed by atoms with Crippen LogP contribution in [0.25, 0.3) is 11.3 Å². The number of likely N-dealkylation sites (tertiary alicyclic amines) is 1. The number of nitrogens with zero attached hydrogens (tertiary/aromatic N) is 3. The molecule has 1 fully saturated rings. The van der Waals surface area contributed by atoms with E-state index in [0.29, 0.717) is 18.5 Å². The summed E-state index contributed by atoms with van der Waals surface area (Å²) in [5, 5.41) is 17.3. The van der Waals surface area contributed by atoms with Gasteiger partial charge >= 0.3 is 0 Å². The Labute approximate surface area is 216 Å². The van der Waals surface area contributed by atoms with Crippen molar-refractivity contribution in [3.05, 3.63) is 77.5 Å². The predicted molar refractivity (Wildman–Crippen MR) is 138 cm³/mol.